The van der Waals surface area contributed by atoms with Crippen LogP contribution >= 0.6 is 0 Å². The number of nitrogens with zero attached hydrogens (tertiary/aromatic N) is 5. The molecule has 1 saturated heterocycles. The van der Waals surface area contributed by atoms with Crippen molar-refractivity contribution in [3.8, 4) is 17.0 Å². The zero-order chi connectivity index (χ0) is 22.0. The number of aliphatic hydroxyl groups excluding tert-OH is 1. The first-order valence-electron chi connectivity index (χ1n) is 9.95. The predicted molar refractivity (Wildman–Crippen MR) is 108 cm³/mol. The van der Waals surface area contributed by atoms with Gasteiger partial charge in [0, 0.05) is 24.7 Å². The molecule has 11 heteroatoms. The highest BCUT2D eigenvalue weighted by Gasteiger charge is 2.35. The van der Waals surface area contributed by atoms with Crippen LogP contribution in [0.15, 0.2) is 30.7 Å². The van der Waals surface area contributed by atoms with E-state index in [0.717, 1.165) is 32.0 Å². The molecule has 1 aliphatic heterocycles. The van der Waals surface area contributed by atoms with Crippen LogP contribution in [-0.2, 0) is 6.18 Å². The summed E-state index contributed by atoms with van der Waals surface area (Å²) < 4.78 is 47.7. The standard InChI is InChI=1S/C20H23F3N6O2/c1-31-14-4-5-15(16(9-14)20(21,22)23)18-17-10-24-12-29(17)19(27-26-18)25-13-3-2-6-28(11-13)7-8-30/h4-5,9-10,12-13,30H,2-3,6-8,11H2,1H3,(H,25,27)/t13-/m1/s1. The van der Waals surface area contributed by atoms with Gasteiger partial charge in [0.15, 0.2) is 0 Å². The van der Waals surface area contributed by atoms with Crippen molar-refractivity contribution in [3.05, 3.63) is 36.3 Å². The summed E-state index contributed by atoms with van der Waals surface area (Å²) in [5.41, 5.74) is -0.443. The smallest absolute Gasteiger partial charge is 0.417 e. The van der Waals surface area contributed by atoms with Gasteiger partial charge in [0.1, 0.15) is 17.8 Å². The summed E-state index contributed by atoms with van der Waals surface area (Å²) in [6.07, 6.45) is 0.270. The number of likely N-dealkylation sites (tertiary alicyclic amines) is 1. The fraction of sp³-hybridized carbons (Fsp3) is 0.450. The Hall–Kier alpha value is -2.92. The first-order chi connectivity index (χ1) is 14.9. The molecule has 0 saturated carbocycles. The van der Waals surface area contributed by atoms with Gasteiger partial charge in [-0.3, -0.25) is 9.30 Å². The Balaban J connectivity index is 1.70. The number of benzene rings is 1. The van der Waals surface area contributed by atoms with E-state index in [9.17, 15) is 18.3 Å². The minimum Gasteiger partial charge on any atom is -0.497 e. The van der Waals surface area contributed by atoms with E-state index >= 15 is 0 Å². The molecular formula is C20H23F3N6O2. The average Bonchev–Trinajstić information content (AvgIpc) is 3.24. The lowest BCUT2D eigenvalue weighted by molar-refractivity contribution is -0.137. The molecule has 1 aliphatic rings. The van der Waals surface area contributed by atoms with Crippen molar-refractivity contribution in [2.45, 2.75) is 25.1 Å². The Morgan fingerprint density at radius 3 is 2.87 bits per heavy atom. The average molecular weight is 436 g/mol. The monoisotopic (exact) mass is 436 g/mol. The van der Waals surface area contributed by atoms with Crippen molar-refractivity contribution in [1.82, 2.24) is 24.5 Å². The molecule has 0 radical (unpaired) electrons. The first kappa shape index (κ1) is 21.3. The number of aromatic nitrogens is 4. The van der Waals surface area contributed by atoms with Gasteiger partial charge in [0.05, 0.1) is 31.0 Å². The van der Waals surface area contributed by atoms with Crippen molar-refractivity contribution in [3.63, 3.8) is 0 Å². The molecule has 166 valence electrons. The number of β-amino-alcohol motifs (C(OH)–C–C–N with tert-alkyl or cyclic N) is 1. The Morgan fingerprint density at radius 2 is 2.13 bits per heavy atom. The lowest BCUT2D eigenvalue weighted by atomic mass is 10.0. The number of aliphatic hydroxyl groups is 1. The topological polar surface area (TPSA) is 87.8 Å². The summed E-state index contributed by atoms with van der Waals surface area (Å²) in [6, 6.07) is 3.83. The molecule has 0 amide bonds. The molecule has 1 fully saturated rings. The molecule has 0 unspecified atom stereocenters. The van der Waals surface area contributed by atoms with Crippen LogP contribution < -0.4 is 10.1 Å². The van der Waals surface area contributed by atoms with E-state index in [0.29, 0.717) is 18.0 Å². The van der Waals surface area contributed by atoms with Crippen molar-refractivity contribution in [2.24, 2.45) is 0 Å². The number of rotatable bonds is 6. The molecule has 2 aromatic heterocycles. The van der Waals surface area contributed by atoms with Crippen LogP contribution in [-0.4, -0.2) is 69.0 Å². The first-order valence-corrected chi connectivity index (χ1v) is 9.95. The number of methoxy groups -OCH3 is 1. The normalized spacial score (nSPS) is 17.8. The minimum atomic E-state index is -4.59. The van der Waals surface area contributed by atoms with Crippen LogP contribution in [0.2, 0.25) is 0 Å². The van der Waals surface area contributed by atoms with E-state index in [4.69, 9.17) is 4.74 Å². The number of halogens is 3. The van der Waals surface area contributed by atoms with Crippen LogP contribution in [0.1, 0.15) is 18.4 Å². The van der Waals surface area contributed by atoms with Crippen molar-refractivity contribution in [2.75, 3.05) is 38.7 Å². The van der Waals surface area contributed by atoms with Gasteiger partial charge in [-0.15, -0.1) is 10.2 Å². The third-order valence-corrected chi connectivity index (χ3v) is 5.40. The molecule has 31 heavy (non-hydrogen) atoms. The largest absolute Gasteiger partial charge is 0.497 e. The predicted octanol–water partition coefficient (Wildman–Crippen LogP) is 2.69. The SMILES string of the molecule is COc1ccc(-c2nnc(N[C@@H]3CCCN(CCO)C3)n3cncc23)c(C(F)(F)F)c1. The fourth-order valence-electron chi connectivity index (χ4n) is 3.92. The van der Waals surface area contributed by atoms with Gasteiger partial charge in [-0.2, -0.15) is 13.2 Å². The Morgan fingerprint density at radius 1 is 1.29 bits per heavy atom. The Labute approximate surface area is 176 Å². The Bertz CT molecular complexity index is 1050. The van der Waals surface area contributed by atoms with Gasteiger partial charge < -0.3 is 15.2 Å². The number of alkyl halides is 3. The number of ether oxygens (including phenoxy) is 1. The fourth-order valence-corrected chi connectivity index (χ4v) is 3.92. The van der Waals surface area contributed by atoms with Crippen LogP contribution in [0.25, 0.3) is 16.8 Å². The number of nitrogens with one attached hydrogen (secondary N) is 1. The number of piperidine rings is 1. The quantitative estimate of drug-likeness (QED) is 0.614. The summed E-state index contributed by atoms with van der Waals surface area (Å²) in [6.45, 7) is 2.34. The third kappa shape index (κ3) is 4.42. The molecule has 0 spiro atoms. The molecule has 0 bridgehead atoms. The zero-order valence-corrected chi connectivity index (χ0v) is 16.9. The van der Waals surface area contributed by atoms with Crippen LogP contribution in [0.5, 0.6) is 5.75 Å². The van der Waals surface area contributed by atoms with Gasteiger partial charge in [0.25, 0.3) is 0 Å². The third-order valence-electron chi connectivity index (χ3n) is 5.40. The lowest BCUT2D eigenvalue weighted by Crippen LogP contribution is -2.43. The number of hydrogen-bond acceptors (Lipinski definition) is 7. The van der Waals surface area contributed by atoms with Crippen molar-refractivity contribution >= 4 is 11.5 Å². The van der Waals surface area contributed by atoms with Gasteiger partial charge in [-0.05, 0) is 37.6 Å². The molecule has 8 nitrogen and oxygen atoms in total. The molecule has 1 atom stereocenters. The molecule has 4 rings (SSSR count). The van der Waals surface area contributed by atoms with Crippen LogP contribution in [0.3, 0.4) is 0 Å². The highest BCUT2D eigenvalue weighted by atomic mass is 19.4. The van der Waals surface area contributed by atoms with E-state index in [-0.39, 0.29) is 29.7 Å². The van der Waals surface area contributed by atoms with Gasteiger partial charge in [-0.1, -0.05) is 0 Å². The van der Waals surface area contributed by atoms with E-state index < -0.39 is 11.7 Å². The summed E-state index contributed by atoms with van der Waals surface area (Å²) >= 11 is 0. The van der Waals surface area contributed by atoms with E-state index in [1.165, 1.54) is 31.8 Å². The molecule has 3 aromatic rings. The second kappa shape index (κ2) is 8.67. The highest BCUT2D eigenvalue weighted by Crippen LogP contribution is 2.39. The van der Waals surface area contributed by atoms with Crippen LogP contribution in [0, 0.1) is 0 Å². The minimum absolute atomic E-state index is 0.0813. The molecule has 0 aliphatic carbocycles. The van der Waals surface area contributed by atoms with E-state index in [1.807, 2.05) is 0 Å². The van der Waals surface area contributed by atoms with Gasteiger partial charge >= 0.3 is 6.18 Å². The summed E-state index contributed by atoms with van der Waals surface area (Å²) in [5.74, 6) is 0.519. The van der Waals surface area contributed by atoms with Gasteiger partial charge in [0.2, 0.25) is 5.95 Å². The maximum absolute atomic E-state index is 13.7. The molecule has 1 aromatic carbocycles. The van der Waals surface area contributed by atoms with Crippen LogP contribution in [0.4, 0.5) is 19.1 Å². The second-order valence-electron chi connectivity index (χ2n) is 7.44. The zero-order valence-electron chi connectivity index (χ0n) is 16.9. The van der Waals surface area contributed by atoms with Crippen molar-refractivity contribution in [1.29, 1.82) is 0 Å². The maximum atomic E-state index is 13.7. The van der Waals surface area contributed by atoms with E-state index in [2.05, 4.69) is 25.4 Å². The molecular weight excluding hydrogens is 413 g/mol. The van der Waals surface area contributed by atoms with E-state index in [1.54, 1.807) is 4.40 Å². The highest BCUT2D eigenvalue weighted by molar-refractivity contribution is 5.79. The molecule has 3 heterocycles. The second-order valence-corrected chi connectivity index (χ2v) is 7.44. The maximum Gasteiger partial charge on any atom is 0.417 e. The lowest BCUT2D eigenvalue weighted by Gasteiger charge is -2.32. The number of anilines is 1. The number of hydrogen-bond donors (Lipinski definition) is 2. The van der Waals surface area contributed by atoms with Crippen molar-refractivity contribution < 1.29 is 23.0 Å². The van der Waals surface area contributed by atoms with Gasteiger partial charge in [-0.25, -0.2) is 4.98 Å². The molecule has 2 N–H and O–H groups in total. The number of fused-ring (bicyclic) bond motifs is 1. The summed E-state index contributed by atoms with van der Waals surface area (Å²) in [5, 5.41) is 20.8. The summed E-state index contributed by atoms with van der Waals surface area (Å²) in [7, 11) is 1.32. The summed E-state index contributed by atoms with van der Waals surface area (Å²) in [4.78, 5) is 6.26. The number of imidazole rings is 1. The Kier molecular flexibility index (Phi) is 5.96.